The first-order valence-corrected chi connectivity index (χ1v) is 16.2. The van der Waals surface area contributed by atoms with Gasteiger partial charge in [-0.15, -0.1) is 24.6 Å². The van der Waals surface area contributed by atoms with Crippen molar-refractivity contribution in [2.75, 3.05) is 31.0 Å². The van der Waals surface area contributed by atoms with Gasteiger partial charge >= 0.3 is 0 Å². The minimum absolute atomic E-state index is 0.426. The summed E-state index contributed by atoms with van der Waals surface area (Å²) in [6.45, 7) is 23.3. The predicted octanol–water partition coefficient (Wildman–Crippen LogP) is 8.91. The number of hydrogen-bond donors (Lipinski definition) is 2. The van der Waals surface area contributed by atoms with Gasteiger partial charge in [0.1, 0.15) is 0 Å². The van der Waals surface area contributed by atoms with Crippen LogP contribution in [-0.2, 0) is 0 Å². The second-order valence-corrected chi connectivity index (χ2v) is 11.7. The summed E-state index contributed by atoms with van der Waals surface area (Å²) in [7, 11) is 0. The van der Waals surface area contributed by atoms with Gasteiger partial charge in [0.25, 0.3) is 0 Å². The Morgan fingerprint density at radius 3 is 2.50 bits per heavy atom. The molecule has 0 spiro atoms. The molecule has 226 valence electrons. The monoisotopic (exact) mass is 603 g/mol. The molecular formula is C35H49N5S2. The van der Waals surface area contributed by atoms with Crippen LogP contribution >= 0.6 is 23.5 Å². The van der Waals surface area contributed by atoms with Crippen LogP contribution < -0.4 is 10.6 Å². The normalized spacial score (nSPS) is 14.7. The summed E-state index contributed by atoms with van der Waals surface area (Å²) in [4.78, 5) is 12.0. The van der Waals surface area contributed by atoms with Crippen molar-refractivity contribution in [1.29, 1.82) is 0 Å². The molecule has 2 aromatic carbocycles. The molecule has 2 N–H and O–H groups in total. The summed E-state index contributed by atoms with van der Waals surface area (Å²) in [5.74, 6) is 0.746. The molecule has 0 unspecified atom stereocenters. The molecule has 3 rings (SSSR count). The van der Waals surface area contributed by atoms with Gasteiger partial charge in [0.15, 0.2) is 0 Å². The van der Waals surface area contributed by atoms with Crippen molar-refractivity contribution in [3.05, 3.63) is 87.8 Å². The van der Waals surface area contributed by atoms with E-state index in [1.54, 1.807) is 29.7 Å². The fraction of sp³-hybridized carbons (Fsp3) is 0.371. The Bertz CT molecular complexity index is 1210. The molecule has 1 heterocycles. The molecule has 0 saturated carbocycles. The van der Waals surface area contributed by atoms with E-state index >= 15 is 0 Å². The van der Waals surface area contributed by atoms with E-state index in [4.69, 9.17) is 0 Å². The van der Waals surface area contributed by atoms with E-state index in [0.29, 0.717) is 12.7 Å². The van der Waals surface area contributed by atoms with Gasteiger partial charge < -0.3 is 10.2 Å². The molecule has 1 atom stereocenters. The highest BCUT2D eigenvalue weighted by molar-refractivity contribution is 8.22. The number of nitrogens with one attached hydrogen (secondary N) is 2. The van der Waals surface area contributed by atoms with Crippen LogP contribution in [0.15, 0.2) is 80.4 Å². The highest BCUT2D eigenvalue weighted by Gasteiger charge is 2.27. The summed E-state index contributed by atoms with van der Waals surface area (Å²) < 4.78 is 1.09. The maximum Gasteiger partial charge on any atom is 0.0890 e. The summed E-state index contributed by atoms with van der Waals surface area (Å²) in [5.41, 5.74) is 7.40. The van der Waals surface area contributed by atoms with Crippen LogP contribution in [0.5, 0.6) is 0 Å². The van der Waals surface area contributed by atoms with Crippen LogP contribution in [0.4, 0.5) is 5.69 Å². The lowest BCUT2D eigenvalue weighted by atomic mass is 10.0. The van der Waals surface area contributed by atoms with Gasteiger partial charge in [0.05, 0.1) is 10.9 Å². The zero-order valence-electron chi connectivity index (χ0n) is 26.3. The molecule has 0 radical (unpaired) electrons. The fourth-order valence-corrected chi connectivity index (χ4v) is 6.42. The lowest BCUT2D eigenvalue weighted by Gasteiger charge is -2.30. The van der Waals surface area contributed by atoms with E-state index in [1.165, 1.54) is 45.7 Å². The molecule has 5 nitrogen and oxygen atoms in total. The van der Waals surface area contributed by atoms with Gasteiger partial charge in [-0.3, -0.25) is 15.3 Å². The van der Waals surface area contributed by atoms with Crippen LogP contribution in [-0.4, -0.2) is 49.5 Å². The number of para-hydroxylation sites is 1. The van der Waals surface area contributed by atoms with Gasteiger partial charge in [0.2, 0.25) is 0 Å². The number of aryl methyl sites for hydroxylation is 3. The molecular weight excluding hydrogens is 555 g/mol. The van der Waals surface area contributed by atoms with Crippen molar-refractivity contribution in [2.45, 2.75) is 65.3 Å². The Kier molecular flexibility index (Phi) is 18.9. The predicted molar refractivity (Wildman–Crippen MR) is 193 cm³/mol. The third-order valence-corrected chi connectivity index (χ3v) is 8.70. The Morgan fingerprint density at radius 2 is 1.83 bits per heavy atom. The van der Waals surface area contributed by atoms with Gasteiger partial charge in [0, 0.05) is 59.3 Å². The first-order valence-electron chi connectivity index (χ1n) is 14.4. The van der Waals surface area contributed by atoms with E-state index in [1.807, 2.05) is 39.1 Å². The third-order valence-electron chi connectivity index (χ3n) is 6.56. The van der Waals surface area contributed by atoms with Crippen LogP contribution in [0.1, 0.15) is 55.9 Å². The van der Waals surface area contributed by atoms with E-state index in [-0.39, 0.29) is 0 Å². The second-order valence-electron chi connectivity index (χ2n) is 9.35. The second kappa shape index (κ2) is 21.5. The van der Waals surface area contributed by atoms with Gasteiger partial charge in [-0.2, -0.15) is 0 Å². The van der Waals surface area contributed by atoms with Crippen molar-refractivity contribution in [2.24, 2.45) is 9.98 Å². The maximum atomic E-state index is 4.57. The van der Waals surface area contributed by atoms with E-state index in [2.05, 4.69) is 109 Å². The smallest absolute Gasteiger partial charge is 0.0890 e. The molecule has 1 fully saturated rings. The van der Waals surface area contributed by atoms with Gasteiger partial charge in [-0.1, -0.05) is 62.5 Å². The van der Waals surface area contributed by atoms with Crippen molar-refractivity contribution >= 4 is 47.8 Å². The molecule has 0 aromatic heterocycles. The summed E-state index contributed by atoms with van der Waals surface area (Å²) >= 11 is 3.41. The third kappa shape index (κ3) is 12.0. The van der Waals surface area contributed by atoms with E-state index < -0.39 is 0 Å². The molecule has 7 heteroatoms. The molecule has 1 saturated heterocycles. The molecule has 0 bridgehead atoms. The molecule has 1 aliphatic rings. The SMILES string of the molecule is C#C.C=N/C=C(\SCNC/N=C\C=C/C)Sc1ccc(C)c(C(=C)N2CCC[C@H]2CNc2c(C)cccc2C)c1.CC. The number of aliphatic imine (C=N–C) groups is 2. The summed E-state index contributed by atoms with van der Waals surface area (Å²) in [6, 6.07) is 13.5. The van der Waals surface area contributed by atoms with Crippen molar-refractivity contribution < 1.29 is 0 Å². The number of nitrogens with zero attached hydrogens (tertiary/aromatic N) is 3. The lowest BCUT2D eigenvalue weighted by molar-refractivity contribution is 0.383. The quantitative estimate of drug-likeness (QED) is 0.0742. The highest BCUT2D eigenvalue weighted by atomic mass is 32.2. The number of thioether (sulfide) groups is 2. The molecule has 2 aromatic rings. The summed E-state index contributed by atoms with van der Waals surface area (Å²) in [5, 5.41) is 7.05. The molecule has 1 aliphatic heterocycles. The average Bonchev–Trinajstić information content (AvgIpc) is 3.48. The Balaban J connectivity index is 0.00000211. The fourth-order valence-electron chi connectivity index (χ4n) is 4.56. The molecule has 42 heavy (non-hydrogen) atoms. The number of terminal acetylenes is 1. The van der Waals surface area contributed by atoms with E-state index in [0.717, 1.165) is 28.9 Å². The number of benzene rings is 2. The van der Waals surface area contributed by atoms with Crippen LogP contribution in [0, 0.1) is 33.6 Å². The number of hydrogen-bond acceptors (Lipinski definition) is 7. The Hall–Kier alpha value is -3.18. The van der Waals surface area contributed by atoms with Crippen molar-refractivity contribution in [1.82, 2.24) is 10.2 Å². The minimum atomic E-state index is 0.426. The van der Waals surface area contributed by atoms with Crippen LogP contribution in [0.2, 0.25) is 0 Å². The standard InChI is InChI=1S/C31H41N5S2.C2H6.C2H2/c1-7-8-16-33-21-34-22-37-30(20-32-6)38-28-15-14-23(2)29(18-28)26(5)36-17-10-13-27(36)19-35-31-24(3)11-9-12-25(31)4;2*1-2/h7-9,11-12,14-16,18,20,27,34-35H,5-6,10,13,17,19,21-22H2,1-4H3;1-2H3;1-2H/b8-7-,30-20+,33-16-;;/t27-;;/m0../s1. The number of allylic oxidation sites excluding steroid dienone is 2. The Labute approximate surface area is 264 Å². The van der Waals surface area contributed by atoms with E-state index in [9.17, 15) is 0 Å². The number of rotatable bonds is 14. The average molecular weight is 604 g/mol. The Morgan fingerprint density at radius 1 is 1.12 bits per heavy atom. The zero-order valence-corrected chi connectivity index (χ0v) is 28.0. The van der Waals surface area contributed by atoms with Crippen LogP contribution in [0.3, 0.4) is 0 Å². The minimum Gasteiger partial charge on any atom is -0.383 e. The van der Waals surface area contributed by atoms with Crippen LogP contribution in [0.25, 0.3) is 5.70 Å². The first-order chi connectivity index (χ1) is 20.4. The lowest BCUT2D eigenvalue weighted by Crippen LogP contribution is -2.33. The topological polar surface area (TPSA) is 52.0 Å². The number of anilines is 1. The maximum absolute atomic E-state index is 4.57. The molecule has 0 aliphatic carbocycles. The number of likely N-dealkylation sites (tertiary alicyclic amines) is 1. The van der Waals surface area contributed by atoms with Gasteiger partial charge in [-0.25, -0.2) is 0 Å². The van der Waals surface area contributed by atoms with Gasteiger partial charge in [-0.05, 0) is 82.2 Å². The largest absolute Gasteiger partial charge is 0.383 e. The van der Waals surface area contributed by atoms with Crippen molar-refractivity contribution in [3.8, 4) is 12.8 Å². The first kappa shape index (κ1) is 36.8. The zero-order chi connectivity index (χ0) is 31.3. The van der Waals surface area contributed by atoms with Crippen molar-refractivity contribution in [3.63, 3.8) is 0 Å². The summed E-state index contributed by atoms with van der Waals surface area (Å²) in [6.07, 6.45) is 17.9. The highest BCUT2D eigenvalue weighted by Crippen LogP contribution is 2.37. The molecule has 0 amide bonds.